The first-order valence-electron chi connectivity index (χ1n) is 4.70. The Morgan fingerprint density at radius 2 is 2.44 bits per heavy atom. The van der Waals surface area contributed by atoms with Crippen molar-refractivity contribution in [1.29, 1.82) is 5.26 Å². The van der Waals surface area contributed by atoms with Gasteiger partial charge in [0.1, 0.15) is 15.7 Å². The maximum atomic E-state index is 8.85. The molecule has 0 aliphatic rings. The Labute approximate surface area is 101 Å². The number of fused-ring (bicyclic) bond motifs is 1. The van der Waals surface area contributed by atoms with E-state index in [9.17, 15) is 0 Å². The van der Waals surface area contributed by atoms with Gasteiger partial charge in [0.15, 0.2) is 0 Å². The molecule has 6 heteroatoms. The Balaban J connectivity index is 2.42. The van der Waals surface area contributed by atoms with E-state index in [1.165, 1.54) is 0 Å². The SMILES string of the molecule is CC(N)(C#N)Cn1cc2ccnc(Br)c2n1. The van der Waals surface area contributed by atoms with E-state index in [-0.39, 0.29) is 0 Å². The van der Waals surface area contributed by atoms with Gasteiger partial charge in [0.2, 0.25) is 0 Å². The molecule has 0 saturated carbocycles. The van der Waals surface area contributed by atoms with Crippen molar-refractivity contribution in [3.63, 3.8) is 0 Å². The van der Waals surface area contributed by atoms with Gasteiger partial charge in [-0.05, 0) is 28.9 Å². The van der Waals surface area contributed by atoms with Gasteiger partial charge >= 0.3 is 0 Å². The van der Waals surface area contributed by atoms with E-state index in [0.717, 1.165) is 10.9 Å². The van der Waals surface area contributed by atoms with Gasteiger partial charge in [-0.3, -0.25) is 4.68 Å². The number of hydrogen-bond donors (Lipinski definition) is 1. The van der Waals surface area contributed by atoms with Gasteiger partial charge in [0.25, 0.3) is 0 Å². The van der Waals surface area contributed by atoms with E-state index in [2.05, 4.69) is 26.0 Å². The van der Waals surface area contributed by atoms with Gasteiger partial charge in [0, 0.05) is 17.8 Å². The molecule has 0 spiro atoms. The minimum Gasteiger partial charge on any atom is -0.312 e. The van der Waals surface area contributed by atoms with Crippen LogP contribution in [0, 0.1) is 11.3 Å². The normalized spacial score (nSPS) is 14.6. The summed E-state index contributed by atoms with van der Waals surface area (Å²) >= 11 is 3.32. The summed E-state index contributed by atoms with van der Waals surface area (Å²) in [7, 11) is 0. The molecule has 2 rings (SSSR count). The number of pyridine rings is 1. The molecule has 82 valence electrons. The first kappa shape index (κ1) is 11.0. The number of nitrogens with two attached hydrogens (primary N) is 1. The fourth-order valence-electron chi connectivity index (χ4n) is 1.42. The van der Waals surface area contributed by atoms with Crippen LogP contribution in [0.5, 0.6) is 0 Å². The molecule has 2 aromatic rings. The van der Waals surface area contributed by atoms with Crippen LogP contribution in [0.2, 0.25) is 0 Å². The molecule has 5 nitrogen and oxygen atoms in total. The number of rotatable bonds is 2. The lowest BCUT2D eigenvalue weighted by Gasteiger charge is -2.14. The van der Waals surface area contributed by atoms with Gasteiger partial charge < -0.3 is 5.73 Å². The van der Waals surface area contributed by atoms with Crippen molar-refractivity contribution in [3.8, 4) is 6.07 Å². The lowest BCUT2D eigenvalue weighted by molar-refractivity contribution is 0.462. The summed E-state index contributed by atoms with van der Waals surface area (Å²) in [6, 6.07) is 3.90. The monoisotopic (exact) mass is 279 g/mol. The molecule has 2 N–H and O–H groups in total. The first-order valence-corrected chi connectivity index (χ1v) is 5.49. The lowest BCUT2D eigenvalue weighted by atomic mass is 10.1. The number of nitrogens with zero attached hydrogens (tertiary/aromatic N) is 4. The van der Waals surface area contributed by atoms with Crippen LogP contribution in [0.3, 0.4) is 0 Å². The molecule has 2 heterocycles. The van der Waals surface area contributed by atoms with Gasteiger partial charge in [-0.2, -0.15) is 10.4 Å². The van der Waals surface area contributed by atoms with Crippen molar-refractivity contribution in [2.45, 2.75) is 19.0 Å². The molecule has 1 unspecified atom stereocenters. The fourth-order valence-corrected chi connectivity index (χ4v) is 1.84. The maximum absolute atomic E-state index is 8.85. The Morgan fingerprint density at radius 1 is 1.69 bits per heavy atom. The van der Waals surface area contributed by atoms with Crippen LogP contribution in [0.4, 0.5) is 0 Å². The Morgan fingerprint density at radius 3 is 3.06 bits per heavy atom. The number of halogens is 1. The van der Waals surface area contributed by atoms with E-state index in [1.54, 1.807) is 17.8 Å². The molecule has 0 aromatic carbocycles. The zero-order chi connectivity index (χ0) is 11.8. The Kier molecular flexibility index (Phi) is 2.66. The Bertz CT molecular complexity index is 566. The highest BCUT2D eigenvalue weighted by molar-refractivity contribution is 9.10. The van der Waals surface area contributed by atoms with Crippen LogP contribution >= 0.6 is 15.9 Å². The summed E-state index contributed by atoms with van der Waals surface area (Å²) in [5, 5.41) is 14.1. The third kappa shape index (κ3) is 2.05. The largest absolute Gasteiger partial charge is 0.312 e. The zero-order valence-corrected chi connectivity index (χ0v) is 10.3. The number of nitriles is 1. The minimum atomic E-state index is -0.915. The van der Waals surface area contributed by atoms with E-state index in [0.29, 0.717) is 11.1 Å². The van der Waals surface area contributed by atoms with Gasteiger partial charge in [0.05, 0.1) is 12.6 Å². The smallest absolute Gasteiger partial charge is 0.134 e. The molecular weight excluding hydrogens is 270 g/mol. The molecule has 16 heavy (non-hydrogen) atoms. The van der Waals surface area contributed by atoms with E-state index in [4.69, 9.17) is 11.0 Å². The minimum absolute atomic E-state index is 0.352. The predicted molar refractivity (Wildman–Crippen MR) is 63.4 cm³/mol. The fraction of sp³-hybridized carbons (Fsp3) is 0.300. The topological polar surface area (TPSA) is 80.5 Å². The quantitative estimate of drug-likeness (QED) is 0.844. The van der Waals surface area contributed by atoms with Crippen LogP contribution in [0.15, 0.2) is 23.1 Å². The number of hydrogen-bond acceptors (Lipinski definition) is 4. The van der Waals surface area contributed by atoms with E-state index in [1.807, 2.05) is 18.3 Å². The third-order valence-corrected chi connectivity index (χ3v) is 2.75. The zero-order valence-electron chi connectivity index (χ0n) is 8.68. The molecule has 2 aromatic heterocycles. The van der Waals surface area contributed by atoms with E-state index >= 15 is 0 Å². The van der Waals surface area contributed by atoms with Gasteiger partial charge in [-0.25, -0.2) is 4.98 Å². The van der Waals surface area contributed by atoms with Crippen molar-refractivity contribution in [3.05, 3.63) is 23.1 Å². The molecule has 0 aliphatic carbocycles. The highest BCUT2D eigenvalue weighted by Gasteiger charge is 2.19. The summed E-state index contributed by atoms with van der Waals surface area (Å²) < 4.78 is 2.36. The average Bonchev–Trinajstić information content (AvgIpc) is 2.61. The summed E-state index contributed by atoms with van der Waals surface area (Å²) in [5.41, 5.74) is 5.62. The van der Waals surface area contributed by atoms with Crippen LogP contribution in [-0.2, 0) is 6.54 Å². The molecule has 0 saturated heterocycles. The predicted octanol–water partition coefficient (Wildman–Crippen LogP) is 1.43. The molecule has 0 radical (unpaired) electrons. The molecule has 1 atom stereocenters. The second kappa shape index (κ2) is 3.85. The molecule has 0 bridgehead atoms. The van der Waals surface area contributed by atoms with Crippen molar-refractivity contribution >= 4 is 26.8 Å². The van der Waals surface area contributed by atoms with Crippen LogP contribution in [0.1, 0.15) is 6.92 Å². The van der Waals surface area contributed by atoms with Crippen molar-refractivity contribution in [1.82, 2.24) is 14.8 Å². The van der Waals surface area contributed by atoms with Crippen molar-refractivity contribution in [2.75, 3.05) is 0 Å². The Hall–Kier alpha value is -1.45. The highest BCUT2D eigenvalue weighted by atomic mass is 79.9. The summed E-state index contributed by atoms with van der Waals surface area (Å²) in [5.74, 6) is 0. The van der Waals surface area contributed by atoms with Gasteiger partial charge in [-0.1, -0.05) is 0 Å². The van der Waals surface area contributed by atoms with Crippen LogP contribution in [-0.4, -0.2) is 20.3 Å². The highest BCUT2D eigenvalue weighted by Crippen LogP contribution is 2.19. The standard InChI is InChI=1S/C10H10BrN5/c1-10(13,5-12)6-16-4-7-2-3-14-9(11)8(7)15-16/h2-4H,6,13H2,1H3. The second-order valence-electron chi connectivity index (χ2n) is 3.90. The lowest BCUT2D eigenvalue weighted by Crippen LogP contribution is -2.39. The summed E-state index contributed by atoms with van der Waals surface area (Å²) in [6.07, 6.45) is 3.55. The third-order valence-electron chi connectivity index (χ3n) is 2.17. The van der Waals surface area contributed by atoms with E-state index < -0.39 is 5.54 Å². The van der Waals surface area contributed by atoms with Crippen molar-refractivity contribution in [2.24, 2.45) is 5.73 Å². The number of aromatic nitrogens is 3. The molecular formula is C10H10BrN5. The van der Waals surface area contributed by atoms with Gasteiger partial charge in [-0.15, -0.1) is 0 Å². The average molecular weight is 280 g/mol. The molecule has 0 amide bonds. The van der Waals surface area contributed by atoms with Crippen LogP contribution in [0.25, 0.3) is 10.9 Å². The van der Waals surface area contributed by atoms with Crippen molar-refractivity contribution < 1.29 is 0 Å². The first-order chi connectivity index (χ1) is 7.52. The summed E-state index contributed by atoms with van der Waals surface area (Å²) in [4.78, 5) is 4.08. The molecule has 0 aliphatic heterocycles. The van der Waals surface area contributed by atoms with Crippen LogP contribution < -0.4 is 5.73 Å². The maximum Gasteiger partial charge on any atom is 0.134 e. The molecule has 0 fully saturated rings. The second-order valence-corrected chi connectivity index (χ2v) is 4.65. The summed E-state index contributed by atoms with van der Waals surface area (Å²) in [6.45, 7) is 2.03.